The van der Waals surface area contributed by atoms with Crippen LogP contribution in [0.25, 0.3) is 0 Å². The Hall–Kier alpha value is -3.23. The minimum absolute atomic E-state index is 0.00655. The summed E-state index contributed by atoms with van der Waals surface area (Å²) >= 11 is 0. The first-order valence-electron chi connectivity index (χ1n) is 9.90. The smallest absolute Gasteiger partial charge is 0.431 e. The van der Waals surface area contributed by atoms with E-state index in [0.717, 1.165) is 0 Å². The van der Waals surface area contributed by atoms with Gasteiger partial charge in [-0.05, 0) is 6.42 Å². The Balaban J connectivity index is 0.00000497. The lowest BCUT2D eigenvalue weighted by Crippen LogP contribution is -2.35. The summed E-state index contributed by atoms with van der Waals surface area (Å²) in [6.07, 6.45) is -2.35. The lowest BCUT2D eigenvalue weighted by Gasteiger charge is -2.18. The minimum Gasteiger partial charge on any atom is -0.447 e. The molecule has 0 aromatic rings. The summed E-state index contributed by atoms with van der Waals surface area (Å²) in [5, 5.41) is 2.91. The van der Waals surface area contributed by atoms with Gasteiger partial charge in [-0.1, -0.05) is 0 Å². The molecular weight excluding hydrogens is 446 g/mol. The number of alkyl carbamates (subject to hydrolysis) is 1. The maximum Gasteiger partial charge on any atom is 0.431 e. The fraction of sp³-hybridized carbons (Fsp3) is 0.632. The number of hydrogen-bond donors (Lipinski definition) is 2. The molecule has 0 bridgehead atoms. The first-order valence-corrected chi connectivity index (χ1v) is 9.90. The lowest BCUT2D eigenvalue weighted by molar-refractivity contribution is -0.197. The standard InChI is InChI=1S/C17H27N3O11.C2H4/c1-26-9-7-18-16(24)29-10-12(11-30-17(25)19-27-2)28-8-3-4-15(23)31-20-13(21)5-6-14(20)22;1-2/h12H,3-11H2,1-2H3,(H,18,24)(H,19,25);1-2H2. The number of hydrogen-bond acceptors (Lipinski definition) is 11. The van der Waals surface area contributed by atoms with Gasteiger partial charge in [0.1, 0.15) is 19.3 Å². The molecule has 14 nitrogen and oxygen atoms in total. The summed E-state index contributed by atoms with van der Waals surface area (Å²) in [4.78, 5) is 66.7. The molecule has 0 aromatic heterocycles. The van der Waals surface area contributed by atoms with Crippen molar-refractivity contribution in [2.75, 3.05) is 47.2 Å². The number of ether oxygens (including phenoxy) is 4. The first-order chi connectivity index (χ1) is 15.9. The summed E-state index contributed by atoms with van der Waals surface area (Å²) in [5.41, 5.74) is 1.95. The van der Waals surface area contributed by atoms with E-state index in [2.05, 4.69) is 23.3 Å². The molecule has 1 heterocycles. The number of imide groups is 1. The van der Waals surface area contributed by atoms with Gasteiger partial charge in [0.25, 0.3) is 11.8 Å². The Bertz CT molecular complexity index is 628. The molecule has 1 rings (SSSR count). The van der Waals surface area contributed by atoms with Gasteiger partial charge in [0.05, 0.1) is 20.1 Å². The highest BCUT2D eigenvalue weighted by atomic mass is 16.7. The van der Waals surface area contributed by atoms with Crippen LogP contribution in [0.5, 0.6) is 0 Å². The van der Waals surface area contributed by atoms with Gasteiger partial charge in [-0.3, -0.25) is 14.4 Å². The molecule has 0 aromatic carbocycles. The van der Waals surface area contributed by atoms with E-state index in [-0.39, 0.29) is 52.0 Å². The number of nitrogens with zero attached hydrogens (tertiary/aromatic N) is 1. The molecule has 4 amide bonds. The molecule has 33 heavy (non-hydrogen) atoms. The van der Waals surface area contributed by atoms with Crippen molar-refractivity contribution in [3.63, 3.8) is 0 Å². The fourth-order valence-electron chi connectivity index (χ4n) is 2.17. The summed E-state index contributed by atoms with van der Waals surface area (Å²) in [6, 6.07) is 0. The Morgan fingerprint density at radius 1 is 1.00 bits per heavy atom. The third-order valence-corrected chi connectivity index (χ3v) is 3.64. The Labute approximate surface area is 191 Å². The van der Waals surface area contributed by atoms with Crippen LogP contribution in [0.3, 0.4) is 0 Å². The zero-order valence-corrected chi connectivity index (χ0v) is 18.8. The lowest BCUT2D eigenvalue weighted by atomic mass is 10.3. The van der Waals surface area contributed by atoms with Gasteiger partial charge in [-0.2, -0.15) is 5.48 Å². The second-order valence-electron chi connectivity index (χ2n) is 6.06. The molecular formula is C19H31N3O11. The third-order valence-electron chi connectivity index (χ3n) is 3.64. The van der Waals surface area contributed by atoms with Crippen LogP contribution >= 0.6 is 0 Å². The number of carbonyl (C=O) groups excluding carboxylic acids is 5. The SMILES string of the molecule is C=C.COCCNC(=O)OCC(COC(=O)NOC)OCCCC(=O)ON1C(=O)CCC1=O. The molecule has 1 aliphatic heterocycles. The van der Waals surface area contributed by atoms with Crippen LogP contribution in [-0.2, 0) is 43.0 Å². The Morgan fingerprint density at radius 3 is 2.18 bits per heavy atom. The first kappa shape index (κ1) is 29.8. The average Bonchev–Trinajstić information content (AvgIpc) is 3.11. The van der Waals surface area contributed by atoms with Crippen molar-refractivity contribution in [2.45, 2.75) is 31.8 Å². The van der Waals surface area contributed by atoms with Crippen molar-refractivity contribution in [3.05, 3.63) is 13.2 Å². The van der Waals surface area contributed by atoms with Gasteiger partial charge < -0.3 is 29.1 Å². The van der Waals surface area contributed by atoms with Crippen LogP contribution in [0.2, 0.25) is 0 Å². The van der Waals surface area contributed by atoms with Gasteiger partial charge in [0.2, 0.25) is 0 Å². The number of rotatable bonds is 14. The fourth-order valence-corrected chi connectivity index (χ4v) is 2.17. The highest BCUT2D eigenvalue weighted by Gasteiger charge is 2.32. The molecule has 1 aliphatic rings. The average molecular weight is 477 g/mol. The molecule has 0 radical (unpaired) electrons. The van der Waals surface area contributed by atoms with Crippen molar-refractivity contribution < 1.29 is 52.6 Å². The molecule has 1 fully saturated rings. The highest BCUT2D eigenvalue weighted by molar-refractivity contribution is 6.01. The monoisotopic (exact) mass is 477 g/mol. The van der Waals surface area contributed by atoms with Gasteiger partial charge in [-0.25, -0.2) is 14.4 Å². The van der Waals surface area contributed by atoms with Crippen LogP contribution in [0.15, 0.2) is 13.2 Å². The molecule has 0 aliphatic carbocycles. The van der Waals surface area contributed by atoms with E-state index in [1.54, 1.807) is 0 Å². The van der Waals surface area contributed by atoms with E-state index in [4.69, 9.17) is 23.8 Å². The molecule has 1 atom stereocenters. The summed E-state index contributed by atoms with van der Waals surface area (Å²) < 4.78 is 20.1. The molecule has 1 saturated heterocycles. The van der Waals surface area contributed by atoms with Gasteiger partial charge in [-0.15, -0.1) is 18.2 Å². The molecule has 1 unspecified atom stereocenters. The Kier molecular flexibility index (Phi) is 16.6. The number of amides is 4. The second-order valence-corrected chi connectivity index (χ2v) is 6.06. The zero-order valence-electron chi connectivity index (χ0n) is 18.8. The number of nitrogens with one attached hydrogen (secondary N) is 2. The van der Waals surface area contributed by atoms with E-state index in [0.29, 0.717) is 11.7 Å². The van der Waals surface area contributed by atoms with Crippen LogP contribution in [0.4, 0.5) is 9.59 Å². The quantitative estimate of drug-likeness (QED) is 0.152. The molecule has 0 saturated carbocycles. The van der Waals surface area contributed by atoms with Gasteiger partial charge in [0.15, 0.2) is 0 Å². The topological polar surface area (TPSA) is 168 Å². The highest BCUT2D eigenvalue weighted by Crippen LogP contribution is 2.13. The van der Waals surface area contributed by atoms with Crippen molar-refractivity contribution in [1.29, 1.82) is 0 Å². The maximum absolute atomic E-state index is 11.8. The normalized spacial score (nSPS) is 13.5. The Morgan fingerprint density at radius 2 is 1.61 bits per heavy atom. The largest absolute Gasteiger partial charge is 0.447 e. The zero-order chi connectivity index (χ0) is 25.1. The van der Waals surface area contributed by atoms with Gasteiger partial charge in [0, 0.05) is 33.1 Å². The maximum atomic E-state index is 11.8. The van der Waals surface area contributed by atoms with Crippen molar-refractivity contribution in [3.8, 4) is 0 Å². The van der Waals surface area contributed by atoms with E-state index in [1.165, 1.54) is 14.2 Å². The van der Waals surface area contributed by atoms with Crippen molar-refractivity contribution in [1.82, 2.24) is 15.9 Å². The van der Waals surface area contributed by atoms with Crippen molar-refractivity contribution >= 4 is 30.0 Å². The molecule has 0 spiro atoms. The van der Waals surface area contributed by atoms with E-state index < -0.39 is 36.1 Å². The van der Waals surface area contributed by atoms with Crippen LogP contribution in [0, 0.1) is 0 Å². The predicted octanol–water partition coefficient (Wildman–Crippen LogP) is 0.221. The second kappa shape index (κ2) is 18.4. The van der Waals surface area contributed by atoms with E-state index >= 15 is 0 Å². The predicted molar refractivity (Wildman–Crippen MR) is 110 cm³/mol. The van der Waals surface area contributed by atoms with Crippen LogP contribution < -0.4 is 10.8 Å². The molecule has 2 N–H and O–H groups in total. The van der Waals surface area contributed by atoms with Crippen LogP contribution in [-0.4, -0.2) is 88.3 Å². The van der Waals surface area contributed by atoms with E-state index in [9.17, 15) is 24.0 Å². The number of methoxy groups -OCH3 is 1. The third kappa shape index (κ3) is 13.7. The van der Waals surface area contributed by atoms with E-state index in [1.807, 2.05) is 5.48 Å². The van der Waals surface area contributed by atoms with Crippen molar-refractivity contribution in [2.24, 2.45) is 0 Å². The summed E-state index contributed by atoms with van der Waals surface area (Å²) in [5.74, 6) is -1.91. The minimum atomic E-state index is -0.871. The number of hydroxylamine groups is 3. The summed E-state index contributed by atoms with van der Waals surface area (Å²) in [7, 11) is 2.71. The number of carbonyl (C=O) groups is 5. The summed E-state index contributed by atoms with van der Waals surface area (Å²) in [6.45, 7) is 6.07. The molecule has 188 valence electrons. The van der Waals surface area contributed by atoms with Crippen LogP contribution in [0.1, 0.15) is 25.7 Å². The molecule has 14 heteroatoms. The van der Waals surface area contributed by atoms with Gasteiger partial charge >= 0.3 is 18.2 Å².